The van der Waals surface area contributed by atoms with Crippen LogP contribution in [0.3, 0.4) is 0 Å². The van der Waals surface area contributed by atoms with Crippen molar-refractivity contribution in [2.75, 3.05) is 0 Å². The highest BCUT2D eigenvalue weighted by atomic mass is 16.6. The second kappa shape index (κ2) is 4.13. The van der Waals surface area contributed by atoms with Crippen LogP contribution >= 0.6 is 0 Å². The molecule has 2 aliphatic rings. The van der Waals surface area contributed by atoms with Crippen molar-refractivity contribution >= 4 is 5.97 Å². The molecule has 0 aromatic rings. The normalized spacial score (nSPS) is 33.6. The van der Waals surface area contributed by atoms with E-state index >= 15 is 0 Å². The Labute approximate surface area is 85.1 Å². The van der Waals surface area contributed by atoms with Crippen LogP contribution in [0.1, 0.15) is 33.6 Å². The Hall–Kier alpha value is -0.830. The number of ether oxygens (including phenoxy) is 2. The highest BCUT2D eigenvalue weighted by Crippen LogP contribution is 2.37. The fourth-order valence-electron chi connectivity index (χ4n) is 1.73. The molecular weight excluding hydrogens is 180 g/mol. The van der Waals surface area contributed by atoms with Crippen LogP contribution < -0.4 is 0 Å². The molecular formula is C11H18O3. The smallest absolute Gasteiger partial charge is 0.333 e. The van der Waals surface area contributed by atoms with E-state index in [9.17, 15) is 4.79 Å². The van der Waals surface area contributed by atoms with Gasteiger partial charge < -0.3 is 9.47 Å². The highest BCUT2D eigenvalue weighted by Gasteiger charge is 2.44. The van der Waals surface area contributed by atoms with Crippen LogP contribution in [0.15, 0.2) is 12.2 Å². The Morgan fingerprint density at radius 3 is 2.71 bits per heavy atom. The van der Waals surface area contributed by atoms with Crippen molar-refractivity contribution in [2.24, 2.45) is 0 Å². The largest absolute Gasteiger partial charge is 0.459 e. The van der Waals surface area contributed by atoms with Crippen molar-refractivity contribution < 1.29 is 14.3 Å². The number of carbonyl (C=O) groups is 1. The Bertz CT molecular complexity index is 247. The van der Waals surface area contributed by atoms with E-state index in [1.54, 1.807) is 6.92 Å². The van der Waals surface area contributed by atoms with Crippen molar-refractivity contribution in [1.29, 1.82) is 0 Å². The molecule has 0 bridgehead atoms. The molecule has 1 saturated heterocycles. The molecule has 1 aliphatic carbocycles. The molecule has 0 N–H and O–H groups in total. The summed E-state index contributed by atoms with van der Waals surface area (Å²) in [6.07, 6.45) is 3.69. The molecule has 0 radical (unpaired) electrons. The van der Waals surface area contributed by atoms with Gasteiger partial charge in [-0.05, 0) is 19.8 Å². The van der Waals surface area contributed by atoms with Gasteiger partial charge in [0, 0.05) is 12.0 Å². The van der Waals surface area contributed by atoms with Crippen LogP contribution in [-0.2, 0) is 14.3 Å². The maximum atomic E-state index is 11.2. The number of esters is 1. The topological polar surface area (TPSA) is 38.8 Å². The average Bonchev–Trinajstić information content (AvgIpc) is 2.81. The summed E-state index contributed by atoms with van der Waals surface area (Å²) in [5.74, 6) is -0.274. The molecule has 80 valence electrons. The molecule has 3 nitrogen and oxygen atoms in total. The zero-order valence-corrected chi connectivity index (χ0v) is 7.79. The molecule has 0 aromatic carbocycles. The first-order chi connectivity index (χ1) is 6.16. The first kappa shape index (κ1) is 11.2. The summed E-state index contributed by atoms with van der Waals surface area (Å²) in [4.78, 5) is 11.2. The quantitative estimate of drug-likeness (QED) is 0.387. The Balaban J connectivity index is 0.000000980. The molecule has 2 rings (SSSR count). The summed E-state index contributed by atoms with van der Waals surface area (Å²) in [6, 6.07) is 0. The fourth-order valence-corrected chi connectivity index (χ4v) is 1.73. The molecule has 1 aliphatic heterocycles. The van der Waals surface area contributed by atoms with E-state index < -0.39 is 0 Å². The second-order valence-electron chi connectivity index (χ2n) is 3.83. The van der Waals surface area contributed by atoms with Gasteiger partial charge in [0.1, 0.15) is 6.10 Å². The predicted octanol–water partition coefficient (Wildman–Crippen LogP) is 2.06. The molecule has 2 fully saturated rings. The van der Waals surface area contributed by atoms with Gasteiger partial charge in [0.05, 0.1) is 12.2 Å². The molecule has 0 spiro atoms. The number of fused-ring (bicyclic) bond motifs is 1. The zero-order chi connectivity index (χ0) is 9.42. The van der Waals surface area contributed by atoms with Crippen LogP contribution in [0.5, 0.6) is 0 Å². The van der Waals surface area contributed by atoms with Gasteiger partial charge in [-0.2, -0.15) is 0 Å². The number of epoxide rings is 1. The van der Waals surface area contributed by atoms with Crippen molar-refractivity contribution in [3.63, 3.8) is 0 Å². The van der Waals surface area contributed by atoms with Crippen LogP contribution in [-0.4, -0.2) is 24.3 Å². The van der Waals surface area contributed by atoms with Crippen LogP contribution in [0.2, 0.25) is 0 Å². The minimum absolute atomic E-state index is 0. The van der Waals surface area contributed by atoms with Crippen molar-refractivity contribution in [1.82, 2.24) is 0 Å². The Morgan fingerprint density at radius 2 is 2.14 bits per heavy atom. The summed E-state index contributed by atoms with van der Waals surface area (Å²) in [5, 5.41) is 0. The third-order valence-electron chi connectivity index (χ3n) is 2.58. The lowest BCUT2D eigenvalue weighted by Gasteiger charge is -2.19. The molecule has 1 saturated carbocycles. The lowest BCUT2D eigenvalue weighted by Crippen LogP contribution is -2.24. The number of rotatable bonds is 2. The maximum absolute atomic E-state index is 11.2. The van der Waals surface area contributed by atoms with Gasteiger partial charge in [-0.3, -0.25) is 0 Å². The lowest BCUT2D eigenvalue weighted by molar-refractivity contribution is -0.145. The van der Waals surface area contributed by atoms with Gasteiger partial charge >= 0.3 is 5.97 Å². The van der Waals surface area contributed by atoms with E-state index in [-0.39, 0.29) is 19.5 Å². The molecule has 0 aromatic heterocycles. The van der Waals surface area contributed by atoms with Crippen molar-refractivity contribution in [3.05, 3.63) is 12.2 Å². The molecule has 1 heterocycles. The van der Waals surface area contributed by atoms with Crippen LogP contribution in [0.25, 0.3) is 0 Å². The van der Waals surface area contributed by atoms with Crippen molar-refractivity contribution in [3.8, 4) is 0 Å². The third-order valence-corrected chi connectivity index (χ3v) is 2.58. The van der Waals surface area contributed by atoms with Gasteiger partial charge in [-0.25, -0.2) is 4.79 Å². The summed E-state index contributed by atoms with van der Waals surface area (Å²) in [7, 11) is 0. The second-order valence-corrected chi connectivity index (χ2v) is 3.83. The first-order valence-electron chi connectivity index (χ1n) is 4.69. The molecule has 3 unspecified atom stereocenters. The van der Waals surface area contributed by atoms with Gasteiger partial charge in [0.15, 0.2) is 0 Å². The van der Waals surface area contributed by atoms with E-state index in [4.69, 9.17) is 9.47 Å². The summed E-state index contributed by atoms with van der Waals surface area (Å²) >= 11 is 0. The van der Waals surface area contributed by atoms with Gasteiger partial charge in [-0.15, -0.1) is 0 Å². The van der Waals surface area contributed by atoms with E-state index in [1.807, 2.05) is 0 Å². The molecule has 3 heteroatoms. The Morgan fingerprint density at radius 1 is 1.43 bits per heavy atom. The van der Waals surface area contributed by atoms with Crippen LogP contribution in [0, 0.1) is 0 Å². The molecule has 3 atom stereocenters. The first-order valence-corrected chi connectivity index (χ1v) is 4.69. The summed E-state index contributed by atoms with van der Waals surface area (Å²) in [6.45, 7) is 5.21. The SMILES string of the molecule is C.C=C(C)C(=O)OC1CCC2OC2C1. The number of hydrogen-bond acceptors (Lipinski definition) is 3. The highest BCUT2D eigenvalue weighted by molar-refractivity contribution is 5.87. The Kier molecular flexibility index (Phi) is 3.32. The van der Waals surface area contributed by atoms with E-state index in [0.717, 1.165) is 19.3 Å². The minimum atomic E-state index is -0.274. The molecule has 14 heavy (non-hydrogen) atoms. The monoisotopic (exact) mass is 198 g/mol. The fraction of sp³-hybridized carbons (Fsp3) is 0.727. The van der Waals surface area contributed by atoms with Gasteiger partial charge in [-0.1, -0.05) is 14.0 Å². The number of carbonyl (C=O) groups excluding carboxylic acids is 1. The van der Waals surface area contributed by atoms with E-state index in [0.29, 0.717) is 17.8 Å². The number of hydrogen-bond donors (Lipinski definition) is 0. The lowest BCUT2D eigenvalue weighted by atomic mass is 9.98. The predicted molar refractivity (Wildman–Crippen MR) is 53.9 cm³/mol. The maximum Gasteiger partial charge on any atom is 0.333 e. The standard InChI is InChI=1S/C10H14O3.CH4/c1-6(2)10(11)12-7-3-4-8-9(5-7)13-8;/h7-9H,1,3-5H2,2H3;1H4. The minimum Gasteiger partial charge on any atom is -0.459 e. The van der Waals surface area contributed by atoms with Gasteiger partial charge in [0.2, 0.25) is 0 Å². The van der Waals surface area contributed by atoms with Crippen LogP contribution in [0.4, 0.5) is 0 Å². The molecule has 0 amide bonds. The third kappa shape index (κ3) is 2.35. The summed E-state index contributed by atoms with van der Waals surface area (Å²) in [5.41, 5.74) is 0.471. The van der Waals surface area contributed by atoms with Gasteiger partial charge in [0.25, 0.3) is 0 Å². The summed E-state index contributed by atoms with van der Waals surface area (Å²) < 4.78 is 10.6. The van der Waals surface area contributed by atoms with E-state index in [2.05, 4.69) is 6.58 Å². The van der Waals surface area contributed by atoms with E-state index in [1.165, 1.54) is 0 Å². The average molecular weight is 198 g/mol. The van der Waals surface area contributed by atoms with Crippen molar-refractivity contribution in [2.45, 2.75) is 51.9 Å². The zero-order valence-electron chi connectivity index (χ0n) is 7.79.